The second-order valence-electron chi connectivity index (χ2n) is 6.77. The lowest BCUT2D eigenvalue weighted by Crippen LogP contribution is -2.49. The number of carbonyl (C=O) groups is 1. The van der Waals surface area contributed by atoms with Gasteiger partial charge in [-0.05, 0) is 37.1 Å². The van der Waals surface area contributed by atoms with E-state index in [-0.39, 0.29) is 18.5 Å². The molecule has 0 aliphatic carbocycles. The van der Waals surface area contributed by atoms with Gasteiger partial charge in [-0.15, -0.1) is 0 Å². The number of halogens is 2. The average molecular weight is 419 g/mol. The minimum atomic E-state index is -0.0626. The molecular weight excluding hydrogens is 399 g/mol. The fourth-order valence-electron chi connectivity index (χ4n) is 3.47. The molecule has 3 heterocycles. The third-order valence-corrected chi connectivity index (χ3v) is 5.53. The number of nitrogens with one attached hydrogen (secondary N) is 3. The van der Waals surface area contributed by atoms with Crippen molar-refractivity contribution >= 4 is 51.6 Å². The highest BCUT2D eigenvalue weighted by molar-refractivity contribution is 6.42. The highest BCUT2D eigenvalue weighted by atomic mass is 35.5. The van der Waals surface area contributed by atoms with Crippen molar-refractivity contribution in [3.63, 3.8) is 0 Å². The number of amides is 1. The van der Waals surface area contributed by atoms with E-state index in [1.165, 1.54) is 0 Å². The number of aromatic nitrogens is 3. The van der Waals surface area contributed by atoms with E-state index in [0.29, 0.717) is 10.0 Å². The van der Waals surface area contributed by atoms with Gasteiger partial charge in [0, 0.05) is 31.0 Å². The maximum atomic E-state index is 12.4. The molecule has 1 atom stereocenters. The Bertz CT molecular complexity index is 991. The van der Waals surface area contributed by atoms with Crippen molar-refractivity contribution in [1.29, 1.82) is 0 Å². The number of hydrogen-bond donors (Lipinski definition) is 3. The Kier molecular flexibility index (Phi) is 5.54. The van der Waals surface area contributed by atoms with Crippen molar-refractivity contribution < 1.29 is 4.79 Å². The Hall–Kier alpha value is -2.51. The van der Waals surface area contributed by atoms with Crippen LogP contribution in [0.5, 0.6) is 0 Å². The number of rotatable bonds is 5. The molecule has 7 nitrogen and oxygen atoms in total. The van der Waals surface area contributed by atoms with Gasteiger partial charge in [0.25, 0.3) is 0 Å². The summed E-state index contributed by atoms with van der Waals surface area (Å²) < 4.78 is 0. The van der Waals surface area contributed by atoms with Crippen LogP contribution in [0.15, 0.2) is 36.8 Å². The van der Waals surface area contributed by atoms with Crippen LogP contribution in [0.25, 0.3) is 11.0 Å². The van der Waals surface area contributed by atoms with Crippen molar-refractivity contribution in [2.45, 2.75) is 18.9 Å². The first kappa shape index (κ1) is 18.8. The molecule has 0 spiro atoms. The van der Waals surface area contributed by atoms with Gasteiger partial charge in [-0.2, -0.15) is 0 Å². The van der Waals surface area contributed by atoms with Crippen molar-refractivity contribution in [1.82, 2.24) is 20.3 Å². The second kappa shape index (κ2) is 8.24. The smallest absolute Gasteiger partial charge is 0.239 e. The molecular formula is C19H20Cl2N6O. The zero-order valence-corrected chi connectivity index (χ0v) is 16.6. The molecule has 146 valence electrons. The van der Waals surface area contributed by atoms with E-state index in [1.807, 2.05) is 12.3 Å². The minimum Gasteiger partial charge on any atom is -0.376 e. The lowest BCUT2D eigenvalue weighted by Gasteiger charge is -2.34. The summed E-state index contributed by atoms with van der Waals surface area (Å²) >= 11 is 11.9. The van der Waals surface area contributed by atoms with E-state index in [2.05, 4.69) is 30.5 Å². The van der Waals surface area contributed by atoms with Gasteiger partial charge in [-0.3, -0.25) is 4.79 Å². The van der Waals surface area contributed by atoms with Gasteiger partial charge in [0.1, 0.15) is 17.8 Å². The van der Waals surface area contributed by atoms with Crippen LogP contribution in [-0.2, 0) is 4.79 Å². The molecule has 4 rings (SSSR count). The predicted octanol–water partition coefficient (Wildman–Crippen LogP) is 3.46. The minimum absolute atomic E-state index is 0.0626. The standard InChI is InChI=1S/C19H20Cl2N6O/c20-15-4-3-12(8-16(15)21)23-9-17(28)26-13-2-1-7-27(10-13)19-14-5-6-22-18(14)24-11-25-19/h3-6,8,11,13,23H,1-2,7,9-10H2,(H,26,28)(H,22,24,25)/t13-/m1/s1. The zero-order chi connectivity index (χ0) is 19.5. The van der Waals surface area contributed by atoms with E-state index in [0.717, 1.165) is 48.5 Å². The summed E-state index contributed by atoms with van der Waals surface area (Å²) in [7, 11) is 0. The summed E-state index contributed by atoms with van der Waals surface area (Å²) in [6, 6.07) is 7.25. The molecule has 2 aromatic heterocycles. The summed E-state index contributed by atoms with van der Waals surface area (Å²) in [5.41, 5.74) is 1.58. The summed E-state index contributed by atoms with van der Waals surface area (Å²) in [4.78, 5) is 26.4. The van der Waals surface area contributed by atoms with Gasteiger partial charge >= 0.3 is 0 Å². The summed E-state index contributed by atoms with van der Waals surface area (Å²) in [6.45, 7) is 1.80. The summed E-state index contributed by atoms with van der Waals surface area (Å²) in [6.07, 6.45) is 5.36. The summed E-state index contributed by atoms with van der Waals surface area (Å²) in [5.74, 6) is 0.839. The van der Waals surface area contributed by atoms with Crippen molar-refractivity contribution in [2.75, 3.05) is 29.9 Å². The highest BCUT2D eigenvalue weighted by Gasteiger charge is 2.23. The maximum Gasteiger partial charge on any atom is 0.239 e. The fourth-order valence-corrected chi connectivity index (χ4v) is 3.76. The Morgan fingerprint density at radius 2 is 2.14 bits per heavy atom. The van der Waals surface area contributed by atoms with Gasteiger partial charge in [0.2, 0.25) is 5.91 Å². The number of hydrogen-bond acceptors (Lipinski definition) is 5. The molecule has 1 aliphatic rings. The largest absolute Gasteiger partial charge is 0.376 e. The first-order chi connectivity index (χ1) is 13.6. The van der Waals surface area contributed by atoms with Gasteiger partial charge < -0.3 is 20.5 Å². The van der Waals surface area contributed by atoms with Gasteiger partial charge in [0.05, 0.1) is 22.0 Å². The first-order valence-corrected chi connectivity index (χ1v) is 9.87. The Morgan fingerprint density at radius 1 is 1.25 bits per heavy atom. The van der Waals surface area contributed by atoms with Crippen LogP contribution in [0, 0.1) is 0 Å². The predicted molar refractivity (Wildman–Crippen MR) is 112 cm³/mol. The molecule has 1 saturated heterocycles. The van der Waals surface area contributed by atoms with Crippen molar-refractivity contribution in [2.24, 2.45) is 0 Å². The zero-order valence-electron chi connectivity index (χ0n) is 15.1. The monoisotopic (exact) mass is 418 g/mol. The lowest BCUT2D eigenvalue weighted by atomic mass is 10.1. The topological polar surface area (TPSA) is 85.9 Å². The number of anilines is 2. The number of piperidine rings is 1. The maximum absolute atomic E-state index is 12.4. The Labute approximate surface area is 172 Å². The first-order valence-electron chi connectivity index (χ1n) is 9.11. The number of fused-ring (bicyclic) bond motifs is 1. The number of aromatic amines is 1. The third kappa shape index (κ3) is 4.15. The number of H-pyrrole nitrogens is 1. The fraction of sp³-hybridized carbons (Fsp3) is 0.316. The molecule has 1 aliphatic heterocycles. The van der Waals surface area contributed by atoms with Crippen LogP contribution in [0.4, 0.5) is 11.5 Å². The van der Waals surface area contributed by atoms with Gasteiger partial charge in [0.15, 0.2) is 0 Å². The second-order valence-corrected chi connectivity index (χ2v) is 7.59. The molecule has 0 bridgehead atoms. The SMILES string of the molecule is O=C(CNc1ccc(Cl)c(Cl)c1)N[C@@H]1CCCN(c2ncnc3[nH]ccc23)C1. The van der Waals surface area contributed by atoms with Crippen molar-refractivity contribution in [3.05, 3.63) is 46.8 Å². The van der Waals surface area contributed by atoms with E-state index in [9.17, 15) is 4.79 Å². The van der Waals surface area contributed by atoms with E-state index in [4.69, 9.17) is 23.2 Å². The molecule has 0 saturated carbocycles. The average Bonchev–Trinajstić information content (AvgIpc) is 3.18. The van der Waals surface area contributed by atoms with E-state index in [1.54, 1.807) is 24.5 Å². The summed E-state index contributed by atoms with van der Waals surface area (Å²) in [5, 5.41) is 8.11. The van der Waals surface area contributed by atoms with E-state index >= 15 is 0 Å². The molecule has 3 N–H and O–H groups in total. The van der Waals surface area contributed by atoms with Crippen LogP contribution in [0.3, 0.4) is 0 Å². The Balaban J connectivity index is 1.35. The van der Waals surface area contributed by atoms with Gasteiger partial charge in [-0.1, -0.05) is 23.2 Å². The molecule has 28 heavy (non-hydrogen) atoms. The van der Waals surface area contributed by atoms with Crippen LogP contribution in [0.2, 0.25) is 10.0 Å². The lowest BCUT2D eigenvalue weighted by molar-refractivity contribution is -0.120. The van der Waals surface area contributed by atoms with E-state index < -0.39 is 0 Å². The molecule has 1 amide bonds. The number of carbonyl (C=O) groups excluding carboxylic acids is 1. The number of nitrogens with zero attached hydrogens (tertiary/aromatic N) is 3. The molecule has 0 radical (unpaired) electrons. The van der Waals surface area contributed by atoms with Crippen LogP contribution < -0.4 is 15.5 Å². The Morgan fingerprint density at radius 3 is 3.00 bits per heavy atom. The normalized spacial score (nSPS) is 16.9. The molecule has 0 unspecified atom stereocenters. The van der Waals surface area contributed by atoms with Gasteiger partial charge in [-0.25, -0.2) is 9.97 Å². The van der Waals surface area contributed by atoms with Crippen LogP contribution in [-0.4, -0.2) is 46.5 Å². The highest BCUT2D eigenvalue weighted by Crippen LogP contribution is 2.26. The molecule has 1 aromatic carbocycles. The molecule has 3 aromatic rings. The van der Waals surface area contributed by atoms with Crippen LogP contribution >= 0.6 is 23.2 Å². The molecule has 9 heteroatoms. The third-order valence-electron chi connectivity index (χ3n) is 4.79. The van der Waals surface area contributed by atoms with Crippen molar-refractivity contribution in [3.8, 4) is 0 Å². The van der Waals surface area contributed by atoms with Crippen LogP contribution in [0.1, 0.15) is 12.8 Å². The number of benzene rings is 1. The molecule has 1 fully saturated rings. The quantitative estimate of drug-likeness (QED) is 0.590.